The molecule has 0 aliphatic rings. The fourth-order valence-electron chi connectivity index (χ4n) is 3.55. The van der Waals surface area contributed by atoms with E-state index in [9.17, 15) is 14.0 Å². The van der Waals surface area contributed by atoms with E-state index >= 15 is 0 Å². The number of ether oxygens (including phenoxy) is 1. The smallest absolute Gasteiger partial charge is 0.255 e. The molecule has 2 amide bonds. The van der Waals surface area contributed by atoms with Gasteiger partial charge in [0.15, 0.2) is 0 Å². The molecule has 8 nitrogen and oxygen atoms in total. The van der Waals surface area contributed by atoms with Crippen LogP contribution in [0.1, 0.15) is 26.3 Å². The van der Waals surface area contributed by atoms with Crippen LogP contribution in [0.15, 0.2) is 72.8 Å². The first-order valence-electron chi connectivity index (χ1n) is 10.3. The second kappa shape index (κ2) is 9.45. The number of para-hydroxylation sites is 1. The number of anilines is 1. The van der Waals surface area contributed by atoms with Gasteiger partial charge in [0.2, 0.25) is 0 Å². The van der Waals surface area contributed by atoms with Crippen molar-refractivity contribution in [3.63, 3.8) is 0 Å². The van der Waals surface area contributed by atoms with Gasteiger partial charge >= 0.3 is 0 Å². The Hall–Kier alpha value is -4.66. The molecule has 0 aliphatic heterocycles. The third-order valence-corrected chi connectivity index (χ3v) is 5.27. The molecule has 0 bridgehead atoms. The van der Waals surface area contributed by atoms with E-state index in [1.807, 2.05) is 0 Å². The number of nitrogen functional groups attached to an aromatic ring is 1. The van der Waals surface area contributed by atoms with Crippen molar-refractivity contribution in [2.45, 2.75) is 6.54 Å². The van der Waals surface area contributed by atoms with E-state index in [1.54, 1.807) is 48.5 Å². The zero-order valence-corrected chi connectivity index (χ0v) is 18.3. The van der Waals surface area contributed by atoms with Crippen LogP contribution in [0.5, 0.6) is 5.75 Å². The lowest BCUT2D eigenvalue weighted by Crippen LogP contribution is -2.23. The van der Waals surface area contributed by atoms with Crippen molar-refractivity contribution in [2.75, 3.05) is 12.8 Å². The van der Waals surface area contributed by atoms with E-state index in [0.717, 1.165) is 5.56 Å². The second-order valence-corrected chi connectivity index (χ2v) is 7.44. The van der Waals surface area contributed by atoms with Crippen molar-refractivity contribution in [3.8, 4) is 22.7 Å². The molecule has 172 valence electrons. The van der Waals surface area contributed by atoms with Crippen LogP contribution >= 0.6 is 0 Å². The molecule has 0 radical (unpaired) electrons. The third kappa shape index (κ3) is 4.44. The normalized spacial score (nSPS) is 10.6. The molecule has 0 aliphatic carbocycles. The molecule has 0 saturated heterocycles. The first kappa shape index (κ1) is 22.5. The summed E-state index contributed by atoms with van der Waals surface area (Å²) in [7, 11) is 1.51. The summed E-state index contributed by atoms with van der Waals surface area (Å²) in [5.41, 5.74) is 14.5. The van der Waals surface area contributed by atoms with Crippen LogP contribution in [0, 0.1) is 5.82 Å². The van der Waals surface area contributed by atoms with Crippen LogP contribution < -0.4 is 21.5 Å². The van der Waals surface area contributed by atoms with Crippen molar-refractivity contribution in [1.29, 1.82) is 0 Å². The molecule has 1 heterocycles. The zero-order chi connectivity index (χ0) is 24.2. The number of rotatable bonds is 7. The summed E-state index contributed by atoms with van der Waals surface area (Å²) in [6.07, 6.45) is 0. The van der Waals surface area contributed by atoms with Gasteiger partial charge < -0.3 is 21.5 Å². The number of halogens is 1. The van der Waals surface area contributed by atoms with Gasteiger partial charge in [0, 0.05) is 12.1 Å². The minimum absolute atomic E-state index is 0.0576. The highest BCUT2D eigenvalue weighted by Crippen LogP contribution is 2.29. The number of benzene rings is 3. The predicted octanol–water partition coefficient (Wildman–Crippen LogP) is 3.30. The van der Waals surface area contributed by atoms with E-state index < -0.39 is 11.7 Å². The first-order valence-corrected chi connectivity index (χ1v) is 10.3. The average molecular weight is 459 g/mol. The van der Waals surface area contributed by atoms with Gasteiger partial charge in [0.1, 0.15) is 28.6 Å². The Labute approximate surface area is 195 Å². The number of carbonyl (C=O) groups excluding carboxylic acids is 2. The molecular formula is C25H22FN5O3. The number of methoxy groups -OCH3 is 1. The Bertz CT molecular complexity index is 1350. The van der Waals surface area contributed by atoms with Crippen molar-refractivity contribution in [2.24, 2.45) is 5.73 Å². The Kier molecular flexibility index (Phi) is 6.26. The predicted molar refractivity (Wildman–Crippen MR) is 126 cm³/mol. The average Bonchev–Trinajstić information content (AvgIpc) is 3.20. The van der Waals surface area contributed by atoms with Gasteiger partial charge in [-0.25, -0.2) is 9.07 Å². The maximum atomic E-state index is 13.3. The number of aromatic nitrogens is 2. The lowest BCUT2D eigenvalue weighted by atomic mass is 10.0. The molecule has 9 heteroatoms. The molecule has 34 heavy (non-hydrogen) atoms. The maximum Gasteiger partial charge on any atom is 0.255 e. The first-order chi connectivity index (χ1) is 16.4. The molecular weight excluding hydrogens is 437 g/mol. The van der Waals surface area contributed by atoms with Gasteiger partial charge in [-0.1, -0.05) is 36.4 Å². The van der Waals surface area contributed by atoms with Gasteiger partial charge in [0.25, 0.3) is 11.8 Å². The Morgan fingerprint density at radius 1 is 1.03 bits per heavy atom. The number of nitrogens with zero attached hydrogens (tertiary/aromatic N) is 2. The third-order valence-electron chi connectivity index (χ3n) is 5.27. The van der Waals surface area contributed by atoms with Gasteiger partial charge in [0.05, 0.1) is 18.4 Å². The summed E-state index contributed by atoms with van der Waals surface area (Å²) in [6.45, 7) is 0.284. The highest BCUT2D eigenvalue weighted by atomic mass is 19.1. The highest BCUT2D eigenvalue weighted by molar-refractivity contribution is 6.03. The van der Waals surface area contributed by atoms with Gasteiger partial charge in [-0.2, -0.15) is 5.10 Å². The number of hydrogen-bond donors (Lipinski definition) is 3. The number of nitrogens with one attached hydrogen (secondary N) is 1. The van der Waals surface area contributed by atoms with Crippen LogP contribution in [0.3, 0.4) is 0 Å². The Morgan fingerprint density at radius 2 is 1.71 bits per heavy atom. The summed E-state index contributed by atoms with van der Waals surface area (Å²) >= 11 is 0. The Balaban J connectivity index is 1.57. The summed E-state index contributed by atoms with van der Waals surface area (Å²) in [4.78, 5) is 24.6. The molecule has 0 saturated carbocycles. The molecule has 0 fully saturated rings. The molecule has 4 aromatic rings. The molecule has 3 aromatic carbocycles. The molecule has 1 aromatic heterocycles. The monoisotopic (exact) mass is 459 g/mol. The second-order valence-electron chi connectivity index (χ2n) is 7.44. The van der Waals surface area contributed by atoms with Crippen molar-refractivity contribution >= 4 is 17.6 Å². The molecule has 4 rings (SSSR count). The lowest BCUT2D eigenvalue weighted by molar-refractivity contribution is 0.0946. The Morgan fingerprint density at radius 3 is 2.35 bits per heavy atom. The van der Waals surface area contributed by atoms with Crippen molar-refractivity contribution < 1.29 is 18.7 Å². The van der Waals surface area contributed by atoms with E-state index in [4.69, 9.17) is 16.2 Å². The minimum atomic E-state index is -0.728. The number of primary amides is 1. The zero-order valence-electron chi connectivity index (χ0n) is 18.3. The molecule has 0 atom stereocenters. The highest BCUT2D eigenvalue weighted by Gasteiger charge is 2.22. The van der Waals surface area contributed by atoms with Gasteiger partial charge in [-0.05, 0) is 42.0 Å². The standard InChI is InChI=1S/C25H22FN5O3/c1-34-20-5-3-2-4-19(20)25(33)29-14-15-6-8-16(9-7-15)22-21(24(28)32)23(27)31(30-22)18-12-10-17(26)11-13-18/h2-13H,14,27H2,1H3,(H2,28,32)(H,29,33). The van der Waals surface area contributed by atoms with Crippen LogP contribution in [0.4, 0.5) is 10.2 Å². The topological polar surface area (TPSA) is 125 Å². The summed E-state index contributed by atoms with van der Waals surface area (Å²) in [5, 5.41) is 7.30. The van der Waals surface area contributed by atoms with E-state index in [1.165, 1.54) is 36.1 Å². The number of nitrogens with two attached hydrogens (primary N) is 2. The molecule has 0 spiro atoms. The maximum absolute atomic E-state index is 13.3. The molecule has 0 unspecified atom stereocenters. The van der Waals surface area contributed by atoms with Gasteiger partial charge in [-0.15, -0.1) is 0 Å². The number of carbonyl (C=O) groups is 2. The number of amides is 2. The largest absolute Gasteiger partial charge is 0.496 e. The van der Waals surface area contributed by atoms with Crippen LogP contribution in [0.2, 0.25) is 0 Å². The summed E-state index contributed by atoms with van der Waals surface area (Å²) < 4.78 is 19.9. The number of hydrogen-bond acceptors (Lipinski definition) is 5. The van der Waals surface area contributed by atoms with Crippen molar-refractivity contribution in [3.05, 3.63) is 95.3 Å². The quantitative estimate of drug-likeness (QED) is 0.391. The fourth-order valence-corrected chi connectivity index (χ4v) is 3.55. The van der Waals surface area contributed by atoms with Crippen molar-refractivity contribution in [1.82, 2.24) is 15.1 Å². The van der Waals surface area contributed by atoms with E-state index in [2.05, 4.69) is 10.4 Å². The van der Waals surface area contributed by atoms with Crippen LogP contribution in [-0.2, 0) is 6.54 Å². The lowest BCUT2D eigenvalue weighted by Gasteiger charge is -2.09. The van der Waals surface area contributed by atoms with E-state index in [0.29, 0.717) is 28.3 Å². The van der Waals surface area contributed by atoms with E-state index in [-0.39, 0.29) is 23.8 Å². The van der Waals surface area contributed by atoms with Crippen LogP contribution in [0.25, 0.3) is 16.9 Å². The SMILES string of the molecule is COc1ccccc1C(=O)NCc1ccc(-c2nn(-c3ccc(F)cc3)c(N)c2C(N)=O)cc1. The molecule has 5 N–H and O–H groups in total. The minimum Gasteiger partial charge on any atom is -0.496 e. The summed E-state index contributed by atoms with van der Waals surface area (Å²) in [5.74, 6) is -0.846. The fraction of sp³-hybridized carbons (Fsp3) is 0.0800. The summed E-state index contributed by atoms with van der Waals surface area (Å²) in [6, 6.07) is 19.6. The van der Waals surface area contributed by atoms with Gasteiger partial charge in [-0.3, -0.25) is 9.59 Å². The van der Waals surface area contributed by atoms with Crippen LogP contribution in [-0.4, -0.2) is 28.7 Å².